The molecule has 1 atom stereocenters. The van der Waals surface area contributed by atoms with Gasteiger partial charge >= 0.3 is 0 Å². The highest BCUT2D eigenvalue weighted by atomic mass is 16.5. The summed E-state index contributed by atoms with van der Waals surface area (Å²) < 4.78 is 22.1. The van der Waals surface area contributed by atoms with Crippen LogP contribution in [0.3, 0.4) is 0 Å². The molecule has 3 rings (SSSR count). The Labute approximate surface area is 148 Å². The van der Waals surface area contributed by atoms with Crippen molar-refractivity contribution in [1.29, 1.82) is 0 Å². The summed E-state index contributed by atoms with van der Waals surface area (Å²) in [6.45, 7) is 4.75. The van der Waals surface area contributed by atoms with Crippen LogP contribution in [0, 0.1) is 6.92 Å². The molecule has 1 aliphatic heterocycles. The Morgan fingerprint density at radius 1 is 1.20 bits per heavy atom. The van der Waals surface area contributed by atoms with Crippen LogP contribution in [-0.4, -0.2) is 50.4 Å². The first-order chi connectivity index (χ1) is 12.1. The number of ether oxygens (including phenoxy) is 3. The van der Waals surface area contributed by atoms with Gasteiger partial charge in [-0.15, -0.1) is 0 Å². The number of likely N-dealkylation sites (tertiary alicyclic amines) is 1. The summed E-state index contributed by atoms with van der Waals surface area (Å²) in [5.74, 6) is 2.81. The van der Waals surface area contributed by atoms with E-state index in [2.05, 4.69) is 4.90 Å². The Morgan fingerprint density at radius 2 is 2.00 bits per heavy atom. The molecule has 2 heterocycles. The third kappa shape index (κ3) is 3.96. The largest absolute Gasteiger partial charge is 0.493 e. The lowest BCUT2D eigenvalue weighted by Crippen LogP contribution is -2.38. The molecule has 1 saturated heterocycles. The lowest BCUT2D eigenvalue weighted by Gasteiger charge is -2.31. The predicted molar refractivity (Wildman–Crippen MR) is 95.1 cm³/mol. The molecule has 25 heavy (non-hydrogen) atoms. The first kappa shape index (κ1) is 17.8. The normalized spacial score (nSPS) is 18.3. The molecule has 1 aromatic heterocycles. The second kappa shape index (κ2) is 7.89. The van der Waals surface area contributed by atoms with Crippen molar-refractivity contribution in [2.75, 3.05) is 34.4 Å². The van der Waals surface area contributed by atoms with Crippen molar-refractivity contribution in [2.45, 2.75) is 32.4 Å². The second-order valence-electron chi connectivity index (χ2n) is 6.33. The van der Waals surface area contributed by atoms with Crippen LogP contribution in [0.1, 0.15) is 24.3 Å². The topological polar surface area (TPSA) is 57.0 Å². The van der Waals surface area contributed by atoms with E-state index in [1.807, 2.05) is 25.1 Å². The minimum Gasteiger partial charge on any atom is -0.493 e. The molecule has 1 aliphatic rings. The fourth-order valence-electron chi connectivity index (χ4n) is 3.23. The Morgan fingerprint density at radius 3 is 2.72 bits per heavy atom. The molecule has 0 aliphatic carbocycles. The van der Waals surface area contributed by atoms with Crippen LogP contribution in [0.2, 0.25) is 0 Å². The molecule has 6 heteroatoms. The molecular weight excluding hydrogens is 320 g/mol. The zero-order valence-electron chi connectivity index (χ0n) is 15.4. The van der Waals surface area contributed by atoms with Gasteiger partial charge < -0.3 is 18.6 Å². The number of nitrogens with zero attached hydrogens (tertiary/aromatic N) is 2. The Balaban J connectivity index is 1.78. The Kier molecular flexibility index (Phi) is 5.60. The minimum absolute atomic E-state index is 0.311. The summed E-state index contributed by atoms with van der Waals surface area (Å²) in [4.78, 5) is 7.09. The maximum absolute atomic E-state index is 5.90. The fraction of sp³-hybridized carbons (Fsp3) is 0.526. The van der Waals surface area contributed by atoms with Crippen LogP contribution >= 0.6 is 0 Å². The third-order valence-corrected chi connectivity index (χ3v) is 4.69. The SMILES string of the molecule is COc1ccc(-c2nc(CN3CCCC(OC)C3)c(C)o2)cc1OC. The van der Waals surface area contributed by atoms with E-state index >= 15 is 0 Å². The molecule has 6 nitrogen and oxygen atoms in total. The molecule has 0 spiro atoms. The van der Waals surface area contributed by atoms with Gasteiger partial charge in [0.1, 0.15) is 5.76 Å². The molecule has 0 saturated carbocycles. The van der Waals surface area contributed by atoms with Gasteiger partial charge in [-0.25, -0.2) is 4.98 Å². The average molecular weight is 346 g/mol. The van der Waals surface area contributed by atoms with Crippen LogP contribution in [0.15, 0.2) is 22.6 Å². The number of hydrogen-bond acceptors (Lipinski definition) is 6. The van der Waals surface area contributed by atoms with Gasteiger partial charge in [0.15, 0.2) is 11.5 Å². The maximum Gasteiger partial charge on any atom is 0.226 e. The second-order valence-corrected chi connectivity index (χ2v) is 6.33. The number of benzene rings is 1. The van der Waals surface area contributed by atoms with Crippen LogP contribution in [0.5, 0.6) is 11.5 Å². The number of aromatic nitrogens is 1. The molecule has 0 radical (unpaired) electrons. The zero-order valence-corrected chi connectivity index (χ0v) is 15.4. The minimum atomic E-state index is 0.311. The summed E-state index contributed by atoms with van der Waals surface area (Å²) in [5.41, 5.74) is 1.85. The van der Waals surface area contributed by atoms with Gasteiger partial charge in [0, 0.05) is 25.8 Å². The molecule has 1 fully saturated rings. The quantitative estimate of drug-likeness (QED) is 0.800. The summed E-state index contributed by atoms with van der Waals surface area (Å²) in [6.07, 6.45) is 2.59. The Bertz CT molecular complexity index is 713. The number of rotatable bonds is 6. The van der Waals surface area contributed by atoms with Gasteiger partial charge in [0.25, 0.3) is 0 Å². The lowest BCUT2D eigenvalue weighted by molar-refractivity contribution is 0.0280. The van der Waals surface area contributed by atoms with E-state index in [4.69, 9.17) is 23.6 Å². The van der Waals surface area contributed by atoms with E-state index < -0.39 is 0 Å². The van der Waals surface area contributed by atoms with Crippen molar-refractivity contribution in [1.82, 2.24) is 9.88 Å². The molecular formula is C19H26N2O4. The van der Waals surface area contributed by atoms with Gasteiger partial charge in [-0.05, 0) is 44.5 Å². The first-order valence-electron chi connectivity index (χ1n) is 8.58. The third-order valence-electron chi connectivity index (χ3n) is 4.69. The number of piperidine rings is 1. The van der Waals surface area contributed by atoms with Crippen molar-refractivity contribution >= 4 is 0 Å². The number of hydrogen-bond donors (Lipinski definition) is 0. The number of oxazole rings is 1. The van der Waals surface area contributed by atoms with Crippen molar-refractivity contribution in [3.8, 4) is 23.0 Å². The van der Waals surface area contributed by atoms with Crippen molar-refractivity contribution in [2.24, 2.45) is 0 Å². The maximum atomic E-state index is 5.90. The van der Waals surface area contributed by atoms with Gasteiger partial charge in [0.2, 0.25) is 5.89 Å². The van der Waals surface area contributed by atoms with E-state index in [0.717, 1.165) is 49.5 Å². The molecule has 0 amide bonds. The predicted octanol–water partition coefficient (Wildman–Crippen LogP) is 3.28. The van der Waals surface area contributed by atoms with Crippen molar-refractivity contribution in [3.05, 3.63) is 29.7 Å². The van der Waals surface area contributed by atoms with Crippen LogP contribution in [-0.2, 0) is 11.3 Å². The summed E-state index contributed by atoms with van der Waals surface area (Å²) in [6, 6.07) is 5.68. The fourth-order valence-corrected chi connectivity index (χ4v) is 3.23. The van der Waals surface area contributed by atoms with Crippen LogP contribution in [0.4, 0.5) is 0 Å². The smallest absolute Gasteiger partial charge is 0.226 e. The molecule has 136 valence electrons. The molecule has 1 unspecified atom stereocenters. The monoisotopic (exact) mass is 346 g/mol. The van der Waals surface area contributed by atoms with E-state index in [-0.39, 0.29) is 0 Å². The Hall–Kier alpha value is -2.05. The number of methoxy groups -OCH3 is 3. The van der Waals surface area contributed by atoms with Gasteiger partial charge in [0.05, 0.1) is 26.0 Å². The van der Waals surface area contributed by atoms with E-state index in [1.165, 1.54) is 0 Å². The molecule has 0 bridgehead atoms. The molecule has 1 aromatic carbocycles. The highest BCUT2D eigenvalue weighted by Crippen LogP contribution is 2.32. The summed E-state index contributed by atoms with van der Waals surface area (Å²) in [7, 11) is 5.03. The molecule has 2 aromatic rings. The first-order valence-corrected chi connectivity index (χ1v) is 8.58. The average Bonchev–Trinajstić information content (AvgIpc) is 3.01. The standard InChI is InChI=1S/C19H26N2O4/c1-13-16(12-21-9-5-6-15(11-21)22-2)20-19(25-13)14-7-8-17(23-3)18(10-14)24-4/h7-8,10,15H,5-6,9,11-12H2,1-4H3. The van der Waals surface area contributed by atoms with E-state index in [1.54, 1.807) is 21.3 Å². The number of aryl methyl sites for hydroxylation is 1. The highest BCUT2D eigenvalue weighted by Gasteiger charge is 2.22. The van der Waals surface area contributed by atoms with Crippen LogP contribution < -0.4 is 9.47 Å². The van der Waals surface area contributed by atoms with Gasteiger partial charge in [-0.1, -0.05) is 0 Å². The lowest BCUT2D eigenvalue weighted by atomic mass is 10.1. The van der Waals surface area contributed by atoms with Crippen molar-refractivity contribution in [3.63, 3.8) is 0 Å². The van der Waals surface area contributed by atoms with E-state index in [9.17, 15) is 0 Å². The van der Waals surface area contributed by atoms with Gasteiger partial charge in [-0.3, -0.25) is 4.90 Å². The van der Waals surface area contributed by atoms with E-state index in [0.29, 0.717) is 23.5 Å². The summed E-state index contributed by atoms with van der Waals surface area (Å²) >= 11 is 0. The zero-order chi connectivity index (χ0) is 17.8. The van der Waals surface area contributed by atoms with Gasteiger partial charge in [-0.2, -0.15) is 0 Å². The van der Waals surface area contributed by atoms with Crippen molar-refractivity contribution < 1.29 is 18.6 Å². The van der Waals surface area contributed by atoms with Crippen LogP contribution in [0.25, 0.3) is 11.5 Å². The summed E-state index contributed by atoms with van der Waals surface area (Å²) in [5, 5.41) is 0. The highest BCUT2D eigenvalue weighted by molar-refractivity contribution is 5.60. The molecule has 0 N–H and O–H groups in total.